The number of carbonyl (C=O) groups excluding carboxylic acids is 1. The molecule has 0 saturated carbocycles. The Kier molecular flexibility index (Phi) is 3.36. The van der Waals surface area contributed by atoms with Gasteiger partial charge in [-0.25, -0.2) is 4.98 Å². The zero-order valence-corrected chi connectivity index (χ0v) is 10.7. The van der Waals surface area contributed by atoms with Gasteiger partial charge in [0.05, 0.1) is 12.4 Å². The Bertz CT molecular complexity index is 723. The summed E-state index contributed by atoms with van der Waals surface area (Å²) in [4.78, 5) is 18.9. The summed E-state index contributed by atoms with van der Waals surface area (Å²) in [7, 11) is 0. The second-order valence-corrected chi connectivity index (χ2v) is 4.37. The van der Waals surface area contributed by atoms with Crippen LogP contribution in [-0.2, 0) is 11.2 Å². The van der Waals surface area contributed by atoms with Crippen molar-refractivity contribution in [1.82, 2.24) is 20.2 Å². The maximum Gasteiger partial charge on any atom is 0.249 e. The van der Waals surface area contributed by atoms with E-state index in [-0.39, 0.29) is 11.9 Å². The highest BCUT2D eigenvalue weighted by Crippen LogP contribution is 2.18. The van der Waals surface area contributed by atoms with Gasteiger partial charge in [-0.2, -0.15) is 5.10 Å². The first-order chi connectivity index (χ1) is 9.83. The molecule has 0 fully saturated rings. The van der Waals surface area contributed by atoms with Crippen LogP contribution in [0.3, 0.4) is 0 Å². The number of hydrogen-bond acceptors (Lipinski definition) is 4. The van der Waals surface area contributed by atoms with Crippen molar-refractivity contribution in [2.75, 3.05) is 5.32 Å². The summed E-state index contributed by atoms with van der Waals surface area (Å²) in [6.07, 6.45) is 5.93. The standard InChI is InChI=1S/C14H13N5O/c20-13(18-14-15-7-8-17-19-14)6-5-10-9-16-12-4-2-1-3-11(10)12/h1-4,7-9,16H,5-6H2,(H,15,18,19,20). The molecule has 3 rings (SSSR count). The molecule has 6 heteroatoms. The molecule has 20 heavy (non-hydrogen) atoms. The number of rotatable bonds is 4. The van der Waals surface area contributed by atoms with E-state index in [1.165, 1.54) is 12.4 Å². The number of para-hydroxylation sites is 1. The van der Waals surface area contributed by atoms with Crippen molar-refractivity contribution in [3.8, 4) is 0 Å². The van der Waals surface area contributed by atoms with E-state index in [0.29, 0.717) is 12.8 Å². The first-order valence-electron chi connectivity index (χ1n) is 6.31. The summed E-state index contributed by atoms with van der Waals surface area (Å²) in [6.45, 7) is 0. The Morgan fingerprint density at radius 1 is 1.25 bits per heavy atom. The lowest BCUT2D eigenvalue weighted by Gasteiger charge is -2.02. The minimum absolute atomic E-state index is 0.122. The summed E-state index contributed by atoms with van der Waals surface area (Å²) in [5, 5.41) is 11.1. The molecule has 6 nitrogen and oxygen atoms in total. The molecule has 2 heterocycles. The number of H-pyrrole nitrogens is 1. The van der Waals surface area contributed by atoms with E-state index in [9.17, 15) is 4.79 Å². The topological polar surface area (TPSA) is 83.6 Å². The molecule has 0 aliphatic carbocycles. The van der Waals surface area contributed by atoms with Gasteiger partial charge in [0.2, 0.25) is 11.9 Å². The first-order valence-corrected chi connectivity index (χ1v) is 6.31. The van der Waals surface area contributed by atoms with E-state index in [4.69, 9.17) is 0 Å². The first kappa shape index (κ1) is 12.3. The average Bonchev–Trinajstić information content (AvgIpc) is 2.89. The molecule has 0 aliphatic heterocycles. The van der Waals surface area contributed by atoms with Crippen LogP contribution >= 0.6 is 0 Å². The van der Waals surface area contributed by atoms with Crippen LogP contribution in [0.15, 0.2) is 42.9 Å². The molecule has 0 atom stereocenters. The highest BCUT2D eigenvalue weighted by atomic mass is 16.1. The number of nitrogens with zero attached hydrogens (tertiary/aromatic N) is 3. The quantitative estimate of drug-likeness (QED) is 0.756. The molecule has 1 aromatic carbocycles. The van der Waals surface area contributed by atoms with Crippen molar-refractivity contribution in [2.24, 2.45) is 0 Å². The predicted octanol–water partition coefficient (Wildman–Crippen LogP) is 1.92. The van der Waals surface area contributed by atoms with Crippen molar-refractivity contribution in [3.05, 3.63) is 48.4 Å². The van der Waals surface area contributed by atoms with Crippen molar-refractivity contribution < 1.29 is 4.79 Å². The number of aryl methyl sites for hydroxylation is 1. The zero-order chi connectivity index (χ0) is 13.8. The molecular weight excluding hydrogens is 254 g/mol. The van der Waals surface area contributed by atoms with Crippen molar-refractivity contribution in [2.45, 2.75) is 12.8 Å². The fraction of sp³-hybridized carbons (Fsp3) is 0.143. The normalized spacial score (nSPS) is 10.6. The highest BCUT2D eigenvalue weighted by molar-refractivity contribution is 5.90. The van der Waals surface area contributed by atoms with Crippen LogP contribution in [0.25, 0.3) is 10.9 Å². The van der Waals surface area contributed by atoms with E-state index in [1.807, 2.05) is 30.5 Å². The number of anilines is 1. The van der Waals surface area contributed by atoms with Gasteiger partial charge in [0.25, 0.3) is 0 Å². The van der Waals surface area contributed by atoms with Crippen LogP contribution in [0.2, 0.25) is 0 Å². The van der Waals surface area contributed by atoms with E-state index in [1.54, 1.807) is 0 Å². The van der Waals surface area contributed by atoms with Crippen LogP contribution < -0.4 is 5.32 Å². The summed E-state index contributed by atoms with van der Waals surface area (Å²) in [5.41, 5.74) is 2.21. The maximum absolute atomic E-state index is 11.8. The van der Waals surface area contributed by atoms with Crippen LogP contribution in [0.5, 0.6) is 0 Å². The largest absolute Gasteiger partial charge is 0.361 e. The van der Waals surface area contributed by atoms with Gasteiger partial charge < -0.3 is 4.98 Å². The minimum Gasteiger partial charge on any atom is -0.361 e. The Balaban J connectivity index is 1.63. The fourth-order valence-corrected chi connectivity index (χ4v) is 2.08. The van der Waals surface area contributed by atoms with Crippen LogP contribution in [-0.4, -0.2) is 26.1 Å². The summed E-state index contributed by atoms with van der Waals surface area (Å²) < 4.78 is 0. The fourth-order valence-electron chi connectivity index (χ4n) is 2.08. The van der Waals surface area contributed by atoms with Gasteiger partial charge in [0.1, 0.15) is 0 Å². The number of nitrogens with one attached hydrogen (secondary N) is 2. The molecule has 0 radical (unpaired) electrons. The Labute approximate surface area is 115 Å². The van der Waals surface area contributed by atoms with Gasteiger partial charge in [-0.15, -0.1) is 5.10 Å². The van der Waals surface area contributed by atoms with Crippen LogP contribution in [0.4, 0.5) is 5.95 Å². The number of aromatic amines is 1. The highest BCUT2D eigenvalue weighted by Gasteiger charge is 2.08. The smallest absolute Gasteiger partial charge is 0.249 e. The Hall–Kier alpha value is -2.76. The molecule has 2 N–H and O–H groups in total. The maximum atomic E-state index is 11.8. The number of amides is 1. The molecule has 100 valence electrons. The van der Waals surface area contributed by atoms with Crippen molar-refractivity contribution >= 4 is 22.8 Å². The molecule has 0 bridgehead atoms. The lowest BCUT2D eigenvalue weighted by Crippen LogP contribution is -2.14. The van der Waals surface area contributed by atoms with E-state index < -0.39 is 0 Å². The molecule has 1 amide bonds. The van der Waals surface area contributed by atoms with Crippen molar-refractivity contribution in [1.29, 1.82) is 0 Å². The van der Waals surface area contributed by atoms with E-state index >= 15 is 0 Å². The van der Waals surface area contributed by atoms with E-state index in [0.717, 1.165) is 16.5 Å². The van der Waals surface area contributed by atoms with Crippen LogP contribution in [0, 0.1) is 0 Å². The molecule has 0 saturated heterocycles. The number of benzene rings is 1. The monoisotopic (exact) mass is 267 g/mol. The zero-order valence-electron chi connectivity index (χ0n) is 10.7. The second-order valence-electron chi connectivity index (χ2n) is 4.37. The summed E-state index contributed by atoms with van der Waals surface area (Å²) in [5.74, 6) is 0.111. The van der Waals surface area contributed by atoms with Gasteiger partial charge in [0.15, 0.2) is 0 Å². The predicted molar refractivity (Wildman–Crippen MR) is 75.1 cm³/mol. The van der Waals surface area contributed by atoms with Gasteiger partial charge >= 0.3 is 0 Å². The minimum atomic E-state index is -0.122. The SMILES string of the molecule is O=C(CCc1c[nH]c2ccccc12)Nc1nccnn1. The average molecular weight is 267 g/mol. The third kappa shape index (κ3) is 2.64. The number of carbonyl (C=O) groups is 1. The van der Waals surface area contributed by atoms with Gasteiger partial charge in [-0.3, -0.25) is 10.1 Å². The lowest BCUT2D eigenvalue weighted by molar-refractivity contribution is -0.116. The molecular formula is C14H13N5O. The lowest BCUT2D eigenvalue weighted by atomic mass is 10.1. The van der Waals surface area contributed by atoms with Gasteiger partial charge in [-0.05, 0) is 18.1 Å². The number of fused-ring (bicyclic) bond motifs is 1. The molecule has 0 aliphatic rings. The molecule has 3 aromatic rings. The number of hydrogen-bond donors (Lipinski definition) is 2. The summed E-state index contributed by atoms with van der Waals surface area (Å²) in [6, 6.07) is 8.03. The third-order valence-electron chi connectivity index (χ3n) is 3.03. The Morgan fingerprint density at radius 3 is 3.00 bits per heavy atom. The molecule has 2 aromatic heterocycles. The van der Waals surface area contributed by atoms with Gasteiger partial charge in [0, 0.05) is 23.5 Å². The summed E-state index contributed by atoms with van der Waals surface area (Å²) >= 11 is 0. The second kappa shape index (κ2) is 5.48. The van der Waals surface area contributed by atoms with Gasteiger partial charge in [-0.1, -0.05) is 18.2 Å². The Morgan fingerprint density at radius 2 is 2.15 bits per heavy atom. The van der Waals surface area contributed by atoms with Crippen LogP contribution in [0.1, 0.15) is 12.0 Å². The van der Waals surface area contributed by atoms with E-state index in [2.05, 4.69) is 25.5 Å². The third-order valence-corrected chi connectivity index (χ3v) is 3.03. The molecule has 0 unspecified atom stereocenters. The molecule has 0 spiro atoms. The van der Waals surface area contributed by atoms with Crippen molar-refractivity contribution in [3.63, 3.8) is 0 Å². The number of aromatic nitrogens is 4.